The van der Waals surface area contributed by atoms with E-state index in [1.54, 1.807) is 13.8 Å². The molecule has 0 bridgehead atoms. The second-order valence-electron chi connectivity index (χ2n) is 3.97. The SMILES string of the molecule is CC(C)N(CCCl)S(=O)(=O)c1cc(F)ccc1F. The van der Waals surface area contributed by atoms with Crippen molar-refractivity contribution in [3.8, 4) is 0 Å². The number of nitrogens with zero attached hydrogens (tertiary/aromatic N) is 1. The molecular weight excluding hydrogens is 284 g/mol. The topological polar surface area (TPSA) is 37.4 Å². The molecule has 0 aliphatic heterocycles. The first-order valence-electron chi connectivity index (χ1n) is 5.33. The molecule has 0 aromatic heterocycles. The molecular formula is C11H14ClF2NO2S. The highest BCUT2D eigenvalue weighted by Gasteiger charge is 2.29. The fourth-order valence-corrected chi connectivity index (χ4v) is 3.54. The van der Waals surface area contributed by atoms with Gasteiger partial charge in [-0.2, -0.15) is 4.31 Å². The van der Waals surface area contributed by atoms with Crippen molar-refractivity contribution >= 4 is 21.6 Å². The van der Waals surface area contributed by atoms with E-state index in [4.69, 9.17) is 11.6 Å². The Labute approximate surface area is 110 Å². The summed E-state index contributed by atoms with van der Waals surface area (Å²) in [5.74, 6) is -1.70. The number of sulfonamides is 1. The summed E-state index contributed by atoms with van der Waals surface area (Å²) in [7, 11) is -4.08. The number of benzene rings is 1. The van der Waals surface area contributed by atoms with Crippen LogP contribution in [0.4, 0.5) is 8.78 Å². The van der Waals surface area contributed by atoms with Gasteiger partial charge in [-0.15, -0.1) is 11.6 Å². The summed E-state index contributed by atoms with van der Waals surface area (Å²) >= 11 is 5.53. The Balaban J connectivity index is 3.30. The van der Waals surface area contributed by atoms with Crippen LogP contribution in [0.1, 0.15) is 13.8 Å². The summed E-state index contributed by atoms with van der Waals surface area (Å²) in [6.07, 6.45) is 0. The molecule has 3 nitrogen and oxygen atoms in total. The zero-order valence-electron chi connectivity index (χ0n) is 10.0. The maximum Gasteiger partial charge on any atom is 0.246 e. The van der Waals surface area contributed by atoms with Crippen molar-refractivity contribution in [1.29, 1.82) is 0 Å². The maximum absolute atomic E-state index is 13.5. The fourth-order valence-electron chi connectivity index (χ4n) is 1.54. The fraction of sp³-hybridized carbons (Fsp3) is 0.455. The molecule has 0 aliphatic carbocycles. The predicted octanol–water partition coefficient (Wildman–Crippen LogP) is 2.60. The van der Waals surface area contributed by atoms with Crippen molar-refractivity contribution in [3.63, 3.8) is 0 Å². The molecule has 0 radical (unpaired) electrons. The number of halogens is 3. The summed E-state index contributed by atoms with van der Waals surface area (Å²) in [6, 6.07) is 1.95. The van der Waals surface area contributed by atoms with E-state index < -0.39 is 32.6 Å². The standard InChI is InChI=1S/C11H14ClF2NO2S/c1-8(2)15(6-5-12)18(16,17)11-7-9(13)3-4-10(11)14/h3-4,7-8H,5-6H2,1-2H3. The maximum atomic E-state index is 13.5. The normalized spacial score (nSPS) is 12.4. The first-order valence-corrected chi connectivity index (χ1v) is 7.31. The largest absolute Gasteiger partial charge is 0.246 e. The highest BCUT2D eigenvalue weighted by atomic mass is 35.5. The van der Waals surface area contributed by atoms with E-state index in [-0.39, 0.29) is 12.4 Å². The van der Waals surface area contributed by atoms with E-state index in [1.807, 2.05) is 0 Å². The number of hydrogen-bond donors (Lipinski definition) is 0. The molecule has 0 N–H and O–H groups in total. The minimum atomic E-state index is -4.08. The summed E-state index contributed by atoms with van der Waals surface area (Å²) in [4.78, 5) is -0.665. The number of alkyl halides is 1. The lowest BCUT2D eigenvalue weighted by Gasteiger charge is -2.25. The van der Waals surface area contributed by atoms with E-state index in [2.05, 4.69) is 0 Å². The minimum Gasteiger partial charge on any atom is -0.207 e. The van der Waals surface area contributed by atoms with Gasteiger partial charge in [0, 0.05) is 18.5 Å². The number of hydrogen-bond acceptors (Lipinski definition) is 2. The Hall–Kier alpha value is -0.720. The van der Waals surface area contributed by atoms with Gasteiger partial charge in [0.1, 0.15) is 16.5 Å². The first kappa shape index (κ1) is 15.3. The smallest absolute Gasteiger partial charge is 0.207 e. The third-order valence-electron chi connectivity index (χ3n) is 2.36. The molecule has 0 heterocycles. The van der Waals surface area contributed by atoms with Crippen molar-refractivity contribution < 1.29 is 17.2 Å². The van der Waals surface area contributed by atoms with Gasteiger partial charge in [-0.1, -0.05) is 0 Å². The monoisotopic (exact) mass is 297 g/mol. The van der Waals surface area contributed by atoms with E-state index in [1.165, 1.54) is 0 Å². The molecule has 0 atom stereocenters. The van der Waals surface area contributed by atoms with Crippen molar-refractivity contribution in [2.45, 2.75) is 24.8 Å². The van der Waals surface area contributed by atoms with E-state index in [9.17, 15) is 17.2 Å². The van der Waals surface area contributed by atoms with Crippen LogP contribution >= 0.6 is 11.6 Å². The second kappa shape index (κ2) is 5.95. The van der Waals surface area contributed by atoms with Crippen molar-refractivity contribution in [1.82, 2.24) is 4.31 Å². The van der Waals surface area contributed by atoms with E-state index in [0.717, 1.165) is 16.4 Å². The Morgan fingerprint density at radius 3 is 2.44 bits per heavy atom. The quantitative estimate of drug-likeness (QED) is 0.784. The third-order valence-corrected chi connectivity index (χ3v) is 4.62. The van der Waals surface area contributed by atoms with Gasteiger partial charge in [-0.25, -0.2) is 17.2 Å². The second-order valence-corrected chi connectivity index (χ2v) is 6.21. The molecule has 7 heteroatoms. The van der Waals surface area contributed by atoms with Gasteiger partial charge in [0.05, 0.1) is 0 Å². The van der Waals surface area contributed by atoms with Crippen LogP contribution in [0, 0.1) is 11.6 Å². The van der Waals surface area contributed by atoms with E-state index in [0.29, 0.717) is 6.07 Å². The van der Waals surface area contributed by atoms with Crippen molar-refractivity contribution in [2.24, 2.45) is 0 Å². The molecule has 0 spiro atoms. The molecule has 0 amide bonds. The number of rotatable bonds is 5. The van der Waals surface area contributed by atoms with Crippen LogP contribution in [0.5, 0.6) is 0 Å². The van der Waals surface area contributed by atoms with Crippen LogP contribution in [-0.4, -0.2) is 31.2 Å². The summed E-state index contributed by atoms with van der Waals surface area (Å²) in [6.45, 7) is 3.32. The van der Waals surface area contributed by atoms with Crippen LogP contribution in [0.15, 0.2) is 23.1 Å². The summed E-state index contributed by atoms with van der Waals surface area (Å²) < 4.78 is 52.0. The third kappa shape index (κ3) is 3.18. The molecule has 18 heavy (non-hydrogen) atoms. The van der Waals surface area contributed by atoms with Gasteiger partial charge in [0.2, 0.25) is 10.0 Å². The van der Waals surface area contributed by atoms with Gasteiger partial charge in [-0.3, -0.25) is 0 Å². The molecule has 0 saturated heterocycles. The average molecular weight is 298 g/mol. The lowest BCUT2D eigenvalue weighted by atomic mass is 10.3. The van der Waals surface area contributed by atoms with Crippen LogP contribution in [0.2, 0.25) is 0 Å². The molecule has 0 aliphatic rings. The minimum absolute atomic E-state index is 0.0392. The average Bonchev–Trinajstić information content (AvgIpc) is 2.28. The van der Waals surface area contributed by atoms with Gasteiger partial charge < -0.3 is 0 Å². The summed E-state index contributed by atoms with van der Waals surface area (Å²) in [5.41, 5.74) is 0. The first-order chi connectivity index (χ1) is 8.30. The van der Waals surface area contributed by atoms with E-state index >= 15 is 0 Å². The molecule has 102 valence electrons. The lowest BCUT2D eigenvalue weighted by Crippen LogP contribution is -2.38. The Kier molecular flexibility index (Phi) is 5.07. The molecule has 1 aromatic carbocycles. The van der Waals surface area contributed by atoms with Crippen LogP contribution in [0.3, 0.4) is 0 Å². The van der Waals surface area contributed by atoms with Crippen LogP contribution in [-0.2, 0) is 10.0 Å². The lowest BCUT2D eigenvalue weighted by molar-refractivity contribution is 0.368. The zero-order valence-corrected chi connectivity index (χ0v) is 11.6. The highest BCUT2D eigenvalue weighted by Crippen LogP contribution is 2.22. The van der Waals surface area contributed by atoms with Crippen molar-refractivity contribution in [2.75, 3.05) is 12.4 Å². The van der Waals surface area contributed by atoms with Gasteiger partial charge >= 0.3 is 0 Å². The Morgan fingerprint density at radius 1 is 1.33 bits per heavy atom. The molecule has 1 rings (SSSR count). The van der Waals surface area contributed by atoms with Gasteiger partial charge in [0.15, 0.2) is 0 Å². The van der Waals surface area contributed by atoms with Crippen LogP contribution in [0.25, 0.3) is 0 Å². The highest BCUT2D eigenvalue weighted by molar-refractivity contribution is 7.89. The van der Waals surface area contributed by atoms with Crippen LogP contribution < -0.4 is 0 Å². The molecule has 0 saturated carbocycles. The van der Waals surface area contributed by atoms with Crippen molar-refractivity contribution in [3.05, 3.63) is 29.8 Å². The molecule has 0 unspecified atom stereocenters. The zero-order chi connectivity index (χ0) is 13.9. The molecule has 0 fully saturated rings. The molecule has 1 aromatic rings. The Morgan fingerprint density at radius 2 is 1.94 bits per heavy atom. The van der Waals surface area contributed by atoms with Gasteiger partial charge in [0.25, 0.3) is 0 Å². The Bertz CT molecular complexity index is 520. The van der Waals surface area contributed by atoms with Gasteiger partial charge in [-0.05, 0) is 32.0 Å². The summed E-state index contributed by atoms with van der Waals surface area (Å²) in [5, 5.41) is 0. The predicted molar refractivity (Wildman–Crippen MR) is 66.1 cm³/mol.